The van der Waals surface area contributed by atoms with Gasteiger partial charge in [0.05, 0.1) is 0 Å². The molecule has 3 aliphatic rings. The number of carbonyl (C=O) groups excluding carboxylic acids is 1. The summed E-state index contributed by atoms with van der Waals surface area (Å²) in [6.45, 7) is 2.25. The van der Waals surface area contributed by atoms with Crippen LogP contribution in [0.2, 0.25) is 0 Å². The average molecular weight is 313 g/mol. The van der Waals surface area contributed by atoms with Crippen LogP contribution < -0.4 is 0 Å². The van der Waals surface area contributed by atoms with Gasteiger partial charge in [-0.15, -0.1) is 0 Å². The van der Waals surface area contributed by atoms with Crippen molar-refractivity contribution in [1.82, 2.24) is 4.90 Å². The number of rotatable bonds is 1. The van der Waals surface area contributed by atoms with Crippen LogP contribution >= 0.6 is 0 Å². The topological polar surface area (TPSA) is 57.6 Å². The van der Waals surface area contributed by atoms with Gasteiger partial charge in [-0.1, -0.05) is 25.0 Å². The van der Waals surface area contributed by atoms with E-state index in [4.69, 9.17) is 0 Å². The molecule has 4 nitrogen and oxygen atoms in total. The summed E-state index contributed by atoms with van der Waals surface area (Å²) >= 11 is 0. The summed E-state index contributed by atoms with van der Waals surface area (Å²) < 4.78 is 0. The molecule has 2 bridgehead atoms. The highest BCUT2D eigenvalue weighted by molar-refractivity contribution is 5.94. The number of nitrogens with zero attached hydrogens (tertiary/aromatic N) is 1. The molecule has 2 fully saturated rings. The Morgan fingerprint density at radius 1 is 1.26 bits per heavy atom. The predicted octanol–water partition coefficient (Wildman–Crippen LogP) is 3.63. The Kier molecular flexibility index (Phi) is 3.26. The first kappa shape index (κ1) is 14.7. The molecule has 1 aliphatic heterocycles. The van der Waals surface area contributed by atoms with Crippen molar-refractivity contribution in [2.24, 2.45) is 5.92 Å². The van der Waals surface area contributed by atoms with E-state index in [0.717, 1.165) is 31.2 Å². The summed E-state index contributed by atoms with van der Waals surface area (Å²) in [6, 6.07) is 6.19. The molecule has 1 amide bonds. The number of Topliss-reactive ketones (excluding diaryl/α,β-unsaturated/α-hetero) is 1. The zero-order chi connectivity index (χ0) is 16.2. The first-order valence-corrected chi connectivity index (χ1v) is 8.67. The van der Waals surface area contributed by atoms with Gasteiger partial charge in [0, 0.05) is 23.6 Å². The minimum atomic E-state index is -0.780. The molecule has 1 N–H and O–H groups in total. The fourth-order valence-corrected chi connectivity index (χ4v) is 5.46. The van der Waals surface area contributed by atoms with Crippen molar-refractivity contribution in [3.05, 3.63) is 34.9 Å². The van der Waals surface area contributed by atoms with Gasteiger partial charge in [0.1, 0.15) is 0 Å². The van der Waals surface area contributed by atoms with Gasteiger partial charge in [-0.2, -0.15) is 0 Å². The Labute approximate surface area is 136 Å². The van der Waals surface area contributed by atoms with E-state index in [1.54, 1.807) is 11.8 Å². The summed E-state index contributed by atoms with van der Waals surface area (Å²) in [4.78, 5) is 25.2. The quantitative estimate of drug-likeness (QED) is 0.806. The lowest BCUT2D eigenvalue weighted by Gasteiger charge is -2.58. The number of carbonyl (C=O) groups is 2. The summed E-state index contributed by atoms with van der Waals surface area (Å²) in [5, 5.41) is 9.58. The number of benzene rings is 1. The molecular formula is C19H23NO3. The monoisotopic (exact) mass is 313 g/mol. The lowest BCUT2D eigenvalue weighted by Crippen LogP contribution is -2.62. The Hall–Kier alpha value is -1.84. The van der Waals surface area contributed by atoms with Crippen molar-refractivity contribution in [1.29, 1.82) is 0 Å². The number of fused-ring (bicyclic) bond motifs is 1. The molecular weight excluding hydrogens is 290 g/mol. The summed E-state index contributed by atoms with van der Waals surface area (Å²) in [5.41, 5.74) is 3.48. The van der Waals surface area contributed by atoms with E-state index in [1.165, 1.54) is 24.0 Å². The first-order valence-electron chi connectivity index (χ1n) is 8.67. The minimum Gasteiger partial charge on any atom is -0.465 e. The fourth-order valence-electron chi connectivity index (χ4n) is 5.46. The van der Waals surface area contributed by atoms with E-state index >= 15 is 0 Å². The second kappa shape index (κ2) is 5.08. The lowest BCUT2D eigenvalue weighted by atomic mass is 9.52. The molecule has 0 unspecified atom stereocenters. The highest BCUT2D eigenvalue weighted by atomic mass is 16.4. The summed E-state index contributed by atoms with van der Waals surface area (Å²) in [6.07, 6.45) is 5.56. The van der Waals surface area contributed by atoms with Crippen molar-refractivity contribution < 1.29 is 14.7 Å². The standard InChI is InChI=1S/C19H23NO3/c1-12(21)13-5-6-14-11-17-15-4-2-3-7-19(15,16(14)10-13)8-9-20(17)18(22)23/h5-6,10,15,17H,2-4,7-9,11H2,1H3,(H,22,23)/t15-,17+,19+/m0/s1. The fraction of sp³-hybridized carbons (Fsp3) is 0.579. The highest BCUT2D eigenvalue weighted by Crippen LogP contribution is 2.55. The van der Waals surface area contributed by atoms with Crippen LogP contribution in [0.4, 0.5) is 4.79 Å². The molecule has 0 spiro atoms. The minimum absolute atomic E-state index is 0.0912. The molecule has 4 rings (SSSR count). The molecule has 1 saturated heterocycles. The van der Waals surface area contributed by atoms with Crippen LogP contribution in [0.5, 0.6) is 0 Å². The molecule has 1 aromatic rings. The normalized spacial score (nSPS) is 32.0. The van der Waals surface area contributed by atoms with Gasteiger partial charge in [-0.05, 0) is 55.7 Å². The Morgan fingerprint density at radius 2 is 2.09 bits per heavy atom. The van der Waals surface area contributed by atoms with Gasteiger partial charge in [0.2, 0.25) is 0 Å². The number of hydrogen-bond acceptors (Lipinski definition) is 2. The Bertz CT molecular complexity index is 683. The van der Waals surface area contributed by atoms with Crippen LogP contribution in [0.1, 0.15) is 60.5 Å². The third-order valence-corrected chi connectivity index (χ3v) is 6.49. The number of piperidine rings is 1. The van der Waals surface area contributed by atoms with Crippen molar-refractivity contribution in [2.75, 3.05) is 6.54 Å². The zero-order valence-corrected chi connectivity index (χ0v) is 13.5. The average Bonchev–Trinajstić information content (AvgIpc) is 2.54. The van der Waals surface area contributed by atoms with E-state index in [2.05, 4.69) is 12.1 Å². The van der Waals surface area contributed by atoms with E-state index < -0.39 is 6.09 Å². The van der Waals surface area contributed by atoms with Gasteiger partial charge in [-0.25, -0.2) is 4.79 Å². The van der Waals surface area contributed by atoms with Gasteiger partial charge in [-0.3, -0.25) is 4.79 Å². The van der Waals surface area contributed by atoms with Crippen LogP contribution in [0, 0.1) is 5.92 Å². The van der Waals surface area contributed by atoms with Gasteiger partial charge in [0.25, 0.3) is 0 Å². The largest absolute Gasteiger partial charge is 0.465 e. The van der Waals surface area contributed by atoms with E-state index in [1.807, 2.05) is 6.07 Å². The molecule has 23 heavy (non-hydrogen) atoms. The van der Waals surface area contributed by atoms with Gasteiger partial charge >= 0.3 is 6.09 Å². The summed E-state index contributed by atoms with van der Waals surface area (Å²) in [7, 11) is 0. The second-order valence-electron chi connectivity index (χ2n) is 7.43. The third-order valence-electron chi connectivity index (χ3n) is 6.49. The number of hydrogen-bond donors (Lipinski definition) is 1. The molecule has 0 aromatic heterocycles. The van der Waals surface area contributed by atoms with Crippen LogP contribution in [-0.2, 0) is 11.8 Å². The highest BCUT2D eigenvalue weighted by Gasteiger charge is 2.54. The van der Waals surface area contributed by atoms with Crippen LogP contribution in [0.3, 0.4) is 0 Å². The molecule has 1 saturated carbocycles. The lowest BCUT2D eigenvalue weighted by molar-refractivity contribution is -0.00276. The SMILES string of the molecule is CC(=O)c1ccc2c(c1)[C@@]13CCCC[C@H]1[C@@H](C2)N(C(=O)O)CC3. The van der Waals surface area contributed by atoms with E-state index in [9.17, 15) is 14.7 Å². The number of carboxylic acid groups (broad SMARTS) is 1. The third kappa shape index (κ3) is 2.03. The van der Waals surface area contributed by atoms with Crippen molar-refractivity contribution >= 4 is 11.9 Å². The molecule has 122 valence electrons. The predicted molar refractivity (Wildman–Crippen MR) is 86.9 cm³/mol. The molecule has 0 radical (unpaired) electrons. The smallest absolute Gasteiger partial charge is 0.407 e. The molecule has 1 heterocycles. The van der Waals surface area contributed by atoms with Gasteiger partial charge in [0.15, 0.2) is 5.78 Å². The summed E-state index contributed by atoms with van der Waals surface area (Å²) in [5.74, 6) is 0.525. The Morgan fingerprint density at radius 3 is 2.83 bits per heavy atom. The van der Waals surface area contributed by atoms with Gasteiger partial charge < -0.3 is 10.0 Å². The molecule has 1 aromatic carbocycles. The van der Waals surface area contributed by atoms with Crippen molar-refractivity contribution in [2.45, 2.75) is 56.9 Å². The maximum Gasteiger partial charge on any atom is 0.407 e. The molecule has 4 heteroatoms. The second-order valence-corrected chi connectivity index (χ2v) is 7.43. The maximum atomic E-state index is 11.8. The zero-order valence-electron chi connectivity index (χ0n) is 13.5. The maximum absolute atomic E-state index is 11.8. The van der Waals surface area contributed by atoms with E-state index in [0.29, 0.717) is 12.5 Å². The van der Waals surface area contributed by atoms with Crippen LogP contribution in [0.25, 0.3) is 0 Å². The van der Waals surface area contributed by atoms with Crippen molar-refractivity contribution in [3.63, 3.8) is 0 Å². The molecule has 2 aliphatic carbocycles. The van der Waals surface area contributed by atoms with Crippen molar-refractivity contribution in [3.8, 4) is 0 Å². The van der Waals surface area contributed by atoms with E-state index in [-0.39, 0.29) is 17.2 Å². The number of ketones is 1. The molecule has 3 atom stereocenters. The number of likely N-dealkylation sites (tertiary alicyclic amines) is 1. The van der Waals surface area contributed by atoms with Crippen LogP contribution in [0.15, 0.2) is 18.2 Å². The van der Waals surface area contributed by atoms with Crippen LogP contribution in [-0.4, -0.2) is 34.5 Å². The Balaban J connectivity index is 1.86. The first-order chi connectivity index (χ1) is 11.0. The number of amides is 1.